The van der Waals surface area contributed by atoms with E-state index in [1.807, 2.05) is 19.2 Å². The molecule has 82 valence electrons. The number of benzene rings is 1. The van der Waals surface area contributed by atoms with E-state index >= 15 is 0 Å². The van der Waals surface area contributed by atoms with Gasteiger partial charge in [-0.3, -0.25) is 0 Å². The fourth-order valence-electron chi connectivity index (χ4n) is 2.12. The minimum absolute atomic E-state index is 0.183. The van der Waals surface area contributed by atoms with Crippen molar-refractivity contribution >= 4 is 5.69 Å². The van der Waals surface area contributed by atoms with Gasteiger partial charge < -0.3 is 10.6 Å². The molecule has 2 rings (SSSR count). The molecule has 0 aromatic heterocycles. The Morgan fingerprint density at radius 3 is 2.47 bits per heavy atom. The Hall–Kier alpha value is -1.09. The van der Waals surface area contributed by atoms with Crippen LogP contribution in [0.4, 0.5) is 10.1 Å². The van der Waals surface area contributed by atoms with Crippen LogP contribution in [0.5, 0.6) is 0 Å². The highest BCUT2D eigenvalue weighted by molar-refractivity contribution is 5.45. The summed E-state index contributed by atoms with van der Waals surface area (Å²) in [5.41, 5.74) is 6.80. The molecule has 0 radical (unpaired) electrons. The maximum Gasteiger partial charge on any atom is 0.123 e. The van der Waals surface area contributed by atoms with Gasteiger partial charge in [-0.1, -0.05) is 0 Å². The zero-order valence-corrected chi connectivity index (χ0v) is 8.99. The third-order valence-corrected chi connectivity index (χ3v) is 3.07. The number of hydrogen-bond acceptors (Lipinski definition) is 2. The summed E-state index contributed by atoms with van der Waals surface area (Å²) in [5.74, 6) is 0.521. The second-order valence-corrected chi connectivity index (χ2v) is 4.45. The molecule has 0 aliphatic heterocycles. The van der Waals surface area contributed by atoms with Gasteiger partial charge >= 0.3 is 0 Å². The molecular formula is C12H17FN2. The van der Waals surface area contributed by atoms with E-state index in [2.05, 4.69) is 4.90 Å². The van der Waals surface area contributed by atoms with Crippen molar-refractivity contribution in [2.75, 3.05) is 18.5 Å². The van der Waals surface area contributed by atoms with Crippen molar-refractivity contribution in [3.63, 3.8) is 0 Å². The van der Waals surface area contributed by atoms with E-state index in [4.69, 9.17) is 5.73 Å². The van der Waals surface area contributed by atoms with Crippen molar-refractivity contribution in [1.29, 1.82) is 0 Å². The average molecular weight is 208 g/mol. The van der Waals surface area contributed by atoms with E-state index in [0.717, 1.165) is 25.1 Å². The largest absolute Gasteiger partial charge is 0.374 e. The Morgan fingerprint density at radius 1 is 1.33 bits per heavy atom. The summed E-state index contributed by atoms with van der Waals surface area (Å²) in [6.45, 7) is 1.01. The highest BCUT2D eigenvalue weighted by atomic mass is 19.1. The molecule has 2 nitrogen and oxygen atoms in total. The predicted octanol–water partition coefficient (Wildman–Crippen LogP) is 2.00. The van der Waals surface area contributed by atoms with Crippen molar-refractivity contribution in [2.45, 2.75) is 18.9 Å². The zero-order chi connectivity index (χ0) is 10.8. The highest BCUT2D eigenvalue weighted by Crippen LogP contribution is 2.27. The second kappa shape index (κ2) is 4.19. The standard InChI is InChI=1S/C12H17FN2/c1-15(8-9-6-11(14)7-9)12-4-2-10(13)3-5-12/h2-5,9,11H,6-8,14H2,1H3. The van der Waals surface area contributed by atoms with Crippen molar-refractivity contribution in [2.24, 2.45) is 11.7 Å². The summed E-state index contributed by atoms with van der Waals surface area (Å²) in [6.07, 6.45) is 2.23. The molecular weight excluding hydrogens is 191 g/mol. The first-order valence-electron chi connectivity index (χ1n) is 5.37. The minimum atomic E-state index is -0.183. The molecule has 0 bridgehead atoms. The summed E-state index contributed by atoms with van der Waals surface area (Å²) in [5, 5.41) is 0. The lowest BCUT2D eigenvalue weighted by molar-refractivity contribution is 0.271. The third kappa shape index (κ3) is 2.48. The molecule has 1 fully saturated rings. The molecule has 0 amide bonds. The quantitative estimate of drug-likeness (QED) is 0.823. The molecule has 0 atom stereocenters. The van der Waals surface area contributed by atoms with Gasteiger partial charge in [-0.25, -0.2) is 4.39 Å². The van der Waals surface area contributed by atoms with Crippen LogP contribution in [0.15, 0.2) is 24.3 Å². The fraction of sp³-hybridized carbons (Fsp3) is 0.500. The first-order valence-corrected chi connectivity index (χ1v) is 5.37. The second-order valence-electron chi connectivity index (χ2n) is 4.45. The number of hydrogen-bond donors (Lipinski definition) is 1. The van der Waals surface area contributed by atoms with Crippen LogP contribution >= 0.6 is 0 Å². The molecule has 0 unspecified atom stereocenters. The molecule has 0 heterocycles. The first kappa shape index (κ1) is 10.4. The Balaban J connectivity index is 1.90. The maximum atomic E-state index is 12.7. The van der Waals surface area contributed by atoms with Crippen LogP contribution < -0.4 is 10.6 Å². The van der Waals surface area contributed by atoms with Crippen LogP contribution in [-0.4, -0.2) is 19.6 Å². The lowest BCUT2D eigenvalue weighted by Crippen LogP contribution is -2.41. The van der Waals surface area contributed by atoms with Crippen molar-refractivity contribution in [3.8, 4) is 0 Å². The molecule has 1 saturated carbocycles. The summed E-state index contributed by atoms with van der Waals surface area (Å²) in [6, 6.07) is 7.02. The van der Waals surface area contributed by atoms with Crippen LogP contribution in [0, 0.1) is 11.7 Å². The summed E-state index contributed by atoms with van der Waals surface area (Å²) >= 11 is 0. The molecule has 3 heteroatoms. The topological polar surface area (TPSA) is 29.3 Å². The van der Waals surface area contributed by atoms with Gasteiger partial charge in [0.15, 0.2) is 0 Å². The van der Waals surface area contributed by atoms with Gasteiger partial charge in [-0.05, 0) is 43.0 Å². The number of nitrogens with two attached hydrogens (primary N) is 1. The van der Waals surface area contributed by atoms with E-state index in [0.29, 0.717) is 12.0 Å². The van der Waals surface area contributed by atoms with E-state index in [-0.39, 0.29) is 5.82 Å². The van der Waals surface area contributed by atoms with Gasteiger partial charge in [0.2, 0.25) is 0 Å². The van der Waals surface area contributed by atoms with Gasteiger partial charge in [-0.2, -0.15) is 0 Å². The van der Waals surface area contributed by atoms with Crippen LogP contribution in [0.25, 0.3) is 0 Å². The van der Waals surface area contributed by atoms with Gasteiger partial charge in [0.1, 0.15) is 5.82 Å². The van der Waals surface area contributed by atoms with Crippen LogP contribution in [0.2, 0.25) is 0 Å². The third-order valence-electron chi connectivity index (χ3n) is 3.07. The molecule has 0 spiro atoms. The van der Waals surface area contributed by atoms with E-state index in [1.165, 1.54) is 12.1 Å². The Morgan fingerprint density at radius 2 is 1.93 bits per heavy atom. The van der Waals surface area contributed by atoms with Crippen molar-refractivity contribution in [3.05, 3.63) is 30.1 Å². The van der Waals surface area contributed by atoms with Gasteiger partial charge in [0, 0.05) is 25.3 Å². The molecule has 15 heavy (non-hydrogen) atoms. The van der Waals surface area contributed by atoms with E-state index in [1.54, 1.807) is 0 Å². The SMILES string of the molecule is CN(CC1CC(N)C1)c1ccc(F)cc1. The Labute approximate surface area is 89.9 Å². The predicted molar refractivity (Wildman–Crippen MR) is 60.4 cm³/mol. The minimum Gasteiger partial charge on any atom is -0.374 e. The summed E-state index contributed by atoms with van der Waals surface area (Å²) in [7, 11) is 2.04. The Kier molecular flexibility index (Phi) is 2.91. The molecule has 1 aromatic rings. The highest BCUT2D eigenvalue weighted by Gasteiger charge is 2.26. The molecule has 1 aromatic carbocycles. The number of nitrogens with zero attached hydrogens (tertiary/aromatic N) is 1. The number of halogens is 1. The average Bonchev–Trinajstić information content (AvgIpc) is 2.16. The van der Waals surface area contributed by atoms with Gasteiger partial charge in [0.25, 0.3) is 0 Å². The molecule has 2 N–H and O–H groups in total. The van der Waals surface area contributed by atoms with Gasteiger partial charge in [-0.15, -0.1) is 0 Å². The Bertz CT molecular complexity index is 317. The van der Waals surface area contributed by atoms with Gasteiger partial charge in [0.05, 0.1) is 0 Å². The van der Waals surface area contributed by atoms with Crippen molar-refractivity contribution in [1.82, 2.24) is 0 Å². The number of rotatable bonds is 3. The first-order chi connectivity index (χ1) is 7.15. The van der Waals surface area contributed by atoms with Crippen LogP contribution in [-0.2, 0) is 0 Å². The smallest absolute Gasteiger partial charge is 0.123 e. The fourth-order valence-corrected chi connectivity index (χ4v) is 2.12. The molecule has 0 saturated heterocycles. The maximum absolute atomic E-state index is 12.7. The normalized spacial score (nSPS) is 24.7. The molecule has 1 aliphatic rings. The van der Waals surface area contributed by atoms with Crippen LogP contribution in [0.1, 0.15) is 12.8 Å². The summed E-state index contributed by atoms with van der Waals surface area (Å²) in [4.78, 5) is 2.16. The zero-order valence-electron chi connectivity index (χ0n) is 8.99. The number of anilines is 1. The summed E-state index contributed by atoms with van der Waals surface area (Å²) < 4.78 is 12.7. The van der Waals surface area contributed by atoms with E-state index in [9.17, 15) is 4.39 Å². The van der Waals surface area contributed by atoms with Crippen LogP contribution in [0.3, 0.4) is 0 Å². The lowest BCUT2D eigenvalue weighted by atomic mass is 9.80. The lowest BCUT2D eigenvalue weighted by Gasteiger charge is -2.36. The van der Waals surface area contributed by atoms with E-state index < -0.39 is 0 Å². The monoisotopic (exact) mass is 208 g/mol. The van der Waals surface area contributed by atoms with Crippen molar-refractivity contribution < 1.29 is 4.39 Å². The molecule has 1 aliphatic carbocycles.